The van der Waals surface area contributed by atoms with Crippen LogP contribution in [0.5, 0.6) is 5.75 Å². The van der Waals surface area contributed by atoms with E-state index in [0.29, 0.717) is 24.6 Å². The van der Waals surface area contributed by atoms with E-state index in [2.05, 4.69) is 44.2 Å². The van der Waals surface area contributed by atoms with Crippen molar-refractivity contribution in [1.82, 2.24) is 4.98 Å². The molecule has 2 heterocycles. The summed E-state index contributed by atoms with van der Waals surface area (Å²) in [4.78, 5) is 3.98. The maximum atomic E-state index is 9.43. The van der Waals surface area contributed by atoms with E-state index >= 15 is 0 Å². The smallest absolute Gasteiger partial charge is 0.487 e. The van der Waals surface area contributed by atoms with E-state index in [-0.39, 0.29) is 16.6 Å². The fraction of sp³-hybridized carbons (Fsp3) is 0.667. The molecule has 1 aromatic rings. The molecule has 0 amide bonds. The van der Waals surface area contributed by atoms with Crippen molar-refractivity contribution in [1.29, 1.82) is 0 Å². The lowest BCUT2D eigenvalue weighted by Crippen LogP contribution is -2.43. The summed E-state index contributed by atoms with van der Waals surface area (Å²) in [5.74, 6) is 0.471. The highest BCUT2D eigenvalue weighted by Gasteiger charge is 2.37. The van der Waals surface area contributed by atoms with Gasteiger partial charge in [0.15, 0.2) is 8.32 Å². The molecule has 1 aliphatic heterocycles. The van der Waals surface area contributed by atoms with Crippen LogP contribution in [0.3, 0.4) is 0 Å². The van der Waals surface area contributed by atoms with E-state index in [1.54, 1.807) is 6.20 Å². The summed E-state index contributed by atoms with van der Waals surface area (Å²) in [5, 5.41) is 22.3. The SMILES string of the molecule is CC(C)(C)[Si](C)(C)OCCC1CNc2cncc(B(O)O)c2O1. The van der Waals surface area contributed by atoms with Crippen LogP contribution in [0, 0.1) is 0 Å². The number of hydrogen-bond acceptors (Lipinski definition) is 6. The van der Waals surface area contributed by atoms with Crippen LogP contribution in [0.4, 0.5) is 5.69 Å². The normalized spacial score (nSPS) is 18.0. The van der Waals surface area contributed by atoms with E-state index in [4.69, 9.17) is 9.16 Å². The van der Waals surface area contributed by atoms with Gasteiger partial charge in [-0.3, -0.25) is 4.98 Å². The Balaban J connectivity index is 1.96. The van der Waals surface area contributed by atoms with Gasteiger partial charge < -0.3 is 24.5 Å². The molecule has 3 N–H and O–H groups in total. The molecule has 128 valence electrons. The van der Waals surface area contributed by atoms with Gasteiger partial charge in [-0.25, -0.2) is 0 Å². The van der Waals surface area contributed by atoms with Crippen LogP contribution in [0.25, 0.3) is 0 Å². The molecule has 1 aromatic heterocycles. The van der Waals surface area contributed by atoms with Gasteiger partial charge in [0.2, 0.25) is 0 Å². The third-order valence-electron chi connectivity index (χ3n) is 4.72. The quantitative estimate of drug-likeness (QED) is 0.703. The Bertz CT molecular complexity index is 549. The van der Waals surface area contributed by atoms with Crippen molar-refractivity contribution < 1.29 is 19.2 Å². The van der Waals surface area contributed by atoms with Crippen LogP contribution in [0.15, 0.2) is 12.4 Å². The minimum Gasteiger partial charge on any atom is -0.487 e. The number of pyridine rings is 1. The van der Waals surface area contributed by atoms with E-state index in [9.17, 15) is 10.0 Å². The van der Waals surface area contributed by atoms with Gasteiger partial charge in [-0.15, -0.1) is 0 Å². The Morgan fingerprint density at radius 2 is 2.09 bits per heavy atom. The van der Waals surface area contributed by atoms with Crippen molar-refractivity contribution in [2.75, 3.05) is 18.5 Å². The fourth-order valence-electron chi connectivity index (χ4n) is 2.16. The Morgan fingerprint density at radius 1 is 1.39 bits per heavy atom. The standard InChI is InChI=1S/C15H27BN2O4Si/c1-15(2,3)23(4,5)21-7-6-11-8-18-13-10-17-9-12(16(19)20)14(13)22-11/h9-11,18-20H,6-8H2,1-5H3. The Morgan fingerprint density at radius 3 is 2.70 bits per heavy atom. The summed E-state index contributed by atoms with van der Waals surface area (Å²) in [7, 11) is -3.35. The summed E-state index contributed by atoms with van der Waals surface area (Å²) in [6, 6.07) is 0. The first kappa shape index (κ1) is 18.3. The van der Waals surface area contributed by atoms with Gasteiger partial charge in [0.25, 0.3) is 0 Å². The van der Waals surface area contributed by atoms with Crippen LogP contribution in [0.2, 0.25) is 18.1 Å². The van der Waals surface area contributed by atoms with Crippen LogP contribution in [-0.4, -0.2) is 49.7 Å². The average molecular weight is 338 g/mol. The van der Waals surface area contributed by atoms with Crippen LogP contribution >= 0.6 is 0 Å². The maximum absolute atomic E-state index is 9.43. The van der Waals surface area contributed by atoms with E-state index in [1.165, 1.54) is 6.20 Å². The topological polar surface area (TPSA) is 83.8 Å². The number of aromatic nitrogens is 1. The first-order valence-corrected chi connectivity index (χ1v) is 10.9. The van der Waals surface area contributed by atoms with Crippen LogP contribution in [-0.2, 0) is 4.43 Å². The molecule has 2 rings (SSSR count). The van der Waals surface area contributed by atoms with Crippen molar-refractivity contribution in [3.63, 3.8) is 0 Å². The number of nitrogens with zero attached hydrogens (tertiary/aromatic N) is 1. The molecule has 0 fully saturated rings. The minimum absolute atomic E-state index is 0.0628. The van der Waals surface area contributed by atoms with Gasteiger partial charge in [0, 0.05) is 24.7 Å². The first-order valence-electron chi connectivity index (χ1n) is 8.00. The molecule has 1 unspecified atom stereocenters. The number of hydrogen-bond donors (Lipinski definition) is 3. The molecule has 0 radical (unpaired) electrons. The Kier molecular flexibility index (Phi) is 5.40. The largest absolute Gasteiger partial charge is 0.493 e. The molecular weight excluding hydrogens is 311 g/mol. The third kappa shape index (κ3) is 4.26. The van der Waals surface area contributed by atoms with Gasteiger partial charge in [0.05, 0.1) is 18.4 Å². The lowest BCUT2D eigenvalue weighted by molar-refractivity contribution is 0.160. The number of rotatable bonds is 5. The summed E-state index contributed by atoms with van der Waals surface area (Å²) in [6.07, 6.45) is 3.73. The van der Waals surface area contributed by atoms with Crippen molar-refractivity contribution >= 4 is 26.6 Å². The summed E-state index contributed by atoms with van der Waals surface area (Å²) >= 11 is 0. The molecular formula is C15H27BN2O4Si. The summed E-state index contributed by atoms with van der Waals surface area (Å²) in [5.41, 5.74) is 0.974. The molecule has 6 nitrogen and oxygen atoms in total. The molecule has 0 saturated heterocycles. The van der Waals surface area contributed by atoms with E-state index in [1.807, 2.05) is 0 Å². The van der Waals surface area contributed by atoms with Gasteiger partial charge in [0.1, 0.15) is 11.9 Å². The van der Waals surface area contributed by atoms with Crippen molar-refractivity contribution in [3.8, 4) is 5.75 Å². The van der Waals surface area contributed by atoms with E-state index < -0.39 is 15.4 Å². The molecule has 0 aliphatic carbocycles. The average Bonchev–Trinajstić information content (AvgIpc) is 2.45. The second kappa shape index (κ2) is 6.80. The zero-order chi connectivity index (χ0) is 17.3. The van der Waals surface area contributed by atoms with Gasteiger partial charge in [-0.2, -0.15) is 0 Å². The molecule has 8 heteroatoms. The zero-order valence-corrected chi connectivity index (χ0v) is 15.6. The first-order chi connectivity index (χ1) is 10.6. The summed E-state index contributed by atoms with van der Waals surface area (Å²) < 4.78 is 12.1. The highest BCUT2D eigenvalue weighted by molar-refractivity contribution is 6.74. The molecule has 0 saturated carbocycles. The molecule has 0 spiro atoms. The van der Waals surface area contributed by atoms with Crippen molar-refractivity contribution in [2.45, 2.75) is 51.4 Å². The Labute approximate surface area is 139 Å². The predicted molar refractivity (Wildman–Crippen MR) is 94.7 cm³/mol. The van der Waals surface area contributed by atoms with Crippen LogP contribution in [0.1, 0.15) is 27.2 Å². The number of nitrogens with one attached hydrogen (secondary N) is 1. The van der Waals surface area contributed by atoms with Gasteiger partial charge >= 0.3 is 7.12 Å². The fourth-order valence-corrected chi connectivity index (χ4v) is 3.22. The molecule has 1 atom stereocenters. The lowest BCUT2D eigenvalue weighted by Gasteiger charge is -2.37. The number of fused-ring (bicyclic) bond motifs is 1. The van der Waals surface area contributed by atoms with Crippen molar-refractivity contribution in [3.05, 3.63) is 12.4 Å². The lowest BCUT2D eigenvalue weighted by atomic mass is 9.80. The second-order valence-corrected chi connectivity index (χ2v) is 12.3. The van der Waals surface area contributed by atoms with Gasteiger partial charge in [-0.05, 0) is 18.1 Å². The van der Waals surface area contributed by atoms with Crippen LogP contribution < -0.4 is 15.5 Å². The predicted octanol–water partition coefficient (Wildman–Crippen LogP) is 1.35. The molecule has 1 aliphatic rings. The molecule has 0 aromatic carbocycles. The molecule has 23 heavy (non-hydrogen) atoms. The highest BCUT2D eigenvalue weighted by atomic mass is 28.4. The molecule has 0 bridgehead atoms. The highest BCUT2D eigenvalue weighted by Crippen LogP contribution is 2.36. The zero-order valence-electron chi connectivity index (χ0n) is 14.6. The maximum Gasteiger partial charge on any atom is 0.493 e. The minimum atomic E-state index is -1.76. The monoisotopic (exact) mass is 338 g/mol. The second-order valence-electron chi connectivity index (χ2n) is 7.50. The van der Waals surface area contributed by atoms with Gasteiger partial charge in [-0.1, -0.05) is 20.8 Å². The van der Waals surface area contributed by atoms with Crippen molar-refractivity contribution in [2.24, 2.45) is 0 Å². The number of ether oxygens (including phenoxy) is 1. The number of anilines is 1. The van der Waals surface area contributed by atoms with E-state index in [0.717, 1.165) is 6.42 Å². The summed E-state index contributed by atoms with van der Waals surface area (Å²) in [6.45, 7) is 12.4. The Hall–Kier alpha value is -1.09. The third-order valence-corrected chi connectivity index (χ3v) is 9.25.